The first kappa shape index (κ1) is 13.5. The van der Waals surface area contributed by atoms with E-state index in [-0.39, 0.29) is 23.3 Å². The average molecular weight is 264 g/mol. The fourth-order valence-electron chi connectivity index (χ4n) is 2.35. The molecule has 19 heavy (non-hydrogen) atoms. The summed E-state index contributed by atoms with van der Waals surface area (Å²) in [5.74, 6) is -1.28. The molecule has 1 aliphatic rings. The second-order valence-corrected chi connectivity index (χ2v) is 4.91. The van der Waals surface area contributed by atoms with Crippen LogP contribution >= 0.6 is 0 Å². The zero-order valence-electron chi connectivity index (χ0n) is 10.9. The van der Waals surface area contributed by atoms with E-state index in [0.29, 0.717) is 31.5 Å². The van der Waals surface area contributed by atoms with Crippen molar-refractivity contribution >= 4 is 11.8 Å². The summed E-state index contributed by atoms with van der Waals surface area (Å²) in [4.78, 5) is 24.9. The van der Waals surface area contributed by atoms with E-state index in [0.717, 1.165) is 0 Å². The summed E-state index contributed by atoms with van der Waals surface area (Å²) in [7, 11) is 0. The maximum absolute atomic E-state index is 13.9. The van der Waals surface area contributed by atoms with Gasteiger partial charge in [-0.05, 0) is 31.4 Å². The maximum atomic E-state index is 13.9. The van der Waals surface area contributed by atoms with Crippen LogP contribution in [0.4, 0.5) is 4.39 Å². The summed E-state index contributed by atoms with van der Waals surface area (Å²) >= 11 is 0. The summed E-state index contributed by atoms with van der Waals surface area (Å²) in [5.41, 5.74) is 5.79. The van der Waals surface area contributed by atoms with Crippen LogP contribution in [0.3, 0.4) is 0 Å². The van der Waals surface area contributed by atoms with Gasteiger partial charge in [0.1, 0.15) is 5.82 Å². The number of aryl methyl sites for hydroxylation is 1. The van der Waals surface area contributed by atoms with Crippen LogP contribution in [0.1, 0.15) is 28.8 Å². The van der Waals surface area contributed by atoms with E-state index in [2.05, 4.69) is 0 Å². The molecule has 1 fully saturated rings. The molecule has 2 rings (SSSR count). The molecule has 0 saturated carbocycles. The minimum atomic E-state index is -0.468. The van der Waals surface area contributed by atoms with Crippen molar-refractivity contribution in [2.75, 3.05) is 13.1 Å². The molecule has 102 valence electrons. The quantitative estimate of drug-likeness (QED) is 0.879. The number of primary amides is 1. The highest BCUT2D eigenvalue weighted by molar-refractivity contribution is 5.95. The van der Waals surface area contributed by atoms with E-state index in [1.807, 2.05) is 0 Å². The minimum absolute atomic E-state index is 0.0949. The predicted molar refractivity (Wildman–Crippen MR) is 69.0 cm³/mol. The monoisotopic (exact) mass is 264 g/mol. The van der Waals surface area contributed by atoms with Gasteiger partial charge in [0.25, 0.3) is 5.91 Å². The Kier molecular flexibility index (Phi) is 3.83. The molecule has 1 aromatic carbocycles. The van der Waals surface area contributed by atoms with E-state index in [1.54, 1.807) is 24.0 Å². The number of halogens is 1. The topological polar surface area (TPSA) is 63.4 Å². The number of hydrogen-bond acceptors (Lipinski definition) is 2. The van der Waals surface area contributed by atoms with Crippen molar-refractivity contribution < 1.29 is 14.0 Å². The second-order valence-electron chi connectivity index (χ2n) is 4.91. The smallest absolute Gasteiger partial charge is 0.256 e. The van der Waals surface area contributed by atoms with Gasteiger partial charge in [0.15, 0.2) is 0 Å². The molecular formula is C14H17FN2O2. The average Bonchev–Trinajstić information content (AvgIpc) is 2.41. The first-order valence-corrected chi connectivity index (χ1v) is 6.34. The Morgan fingerprint density at radius 3 is 2.53 bits per heavy atom. The van der Waals surface area contributed by atoms with Crippen molar-refractivity contribution in [2.45, 2.75) is 19.8 Å². The molecule has 4 nitrogen and oxygen atoms in total. The first-order valence-electron chi connectivity index (χ1n) is 6.34. The minimum Gasteiger partial charge on any atom is -0.369 e. The van der Waals surface area contributed by atoms with E-state index in [9.17, 15) is 14.0 Å². The van der Waals surface area contributed by atoms with Crippen molar-refractivity contribution in [3.63, 3.8) is 0 Å². The van der Waals surface area contributed by atoms with E-state index >= 15 is 0 Å². The SMILES string of the molecule is Cc1cccc(C(=O)N2CCC(C(N)=O)CC2)c1F. The second kappa shape index (κ2) is 5.38. The summed E-state index contributed by atoms with van der Waals surface area (Å²) in [6.45, 7) is 2.52. The van der Waals surface area contributed by atoms with Gasteiger partial charge in [-0.3, -0.25) is 9.59 Å². The Hall–Kier alpha value is -1.91. The number of carbonyl (C=O) groups excluding carboxylic acids is 2. The predicted octanol–water partition coefficient (Wildman–Crippen LogP) is 1.47. The lowest BCUT2D eigenvalue weighted by Gasteiger charge is -2.30. The Balaban J connectivity index is 2.09. The first-order chi connectivity index (χ1) is 9.00. The normalized spacial score (nSPS) is 16.4. The summed E-state index contributed by atoms with van der Waals surface area (Å²) in [6, 6.07) is 4.79. The van der Waals surface area contributed by atoms with Crippen LogP contribution in [0.25, 0.3) is 0 Å². The molecule has 0 aliphatic carbocycles. The number of nitrogens with two attached hydrogens (primary N) is 1. The third-order valence-corrected chi connectivity index (χ3v) is 3.61. The molecule has 5 heteroatoms. The molecule has 0 radical (unpaired) electrons. The lowest BCUT2D eigenvalue weighted by molar-refractivity contribution is -0.123. The molecule has 0 atom stereocenters. The third kappa shape index (κ3) is 2.75. The van der Waals surface area contributed by atoms with Crippen molar-refractivity contribution in [1.29, 1.82) is 0 Å². The molecule has 1 saturated heterocycles. The van der Waals surface area contributed by atoms with Gasteiger partial charge in [-0.25, -0.2) is 4.39 Å². The molecule has 0 spiro atoms. The van der Waals surface area contributed by atoms with Crippen LogP contribution in [-0.4, -0.2) is 29.8 Å². The molecule has 2 amide bonds. The van der Waals surface area contributed by atoms with Gasteiger partial charge in [-0.1, -0.05) is 12.1 Å². The largest absolute Gasteiger partial charge is 0.369 e. The summed E-state index contributed by atoms with van der Waals surface area (Å²) < 4.78 is 13.9. The third-order valence-electron chi connectivity index (χ3n) is 3.61. The van der Waals surface area contributed by atoms with Crippen LogP contribution in [-0.2, 0) is 4.79 Å². The van der Waals surface area contributed by atoms with Gasteiger partial charge in [0, 0.05) is 19.0 Å². The van der Waals surface area contributed by atoms with Crippen LogP contribution in [0.15, 0.2) is 18.2 Å². The number of carbonyl (C=O) groups is 2. The lowest BCUT2D eigenvalue weighted by atomic mass is 9.95. The Bertz CT molecular complexity index is 508. The molecule has 2 N–H and O–H groups in total. The molecule has 0 unspecified atom stereocenters. The number of rotatable bonds is 2. The number of likely N-dealkylation sites (tertiary alicyclic amines) is 1. The van der Waals surface area contributed by atoms with Gasteiger partial charge in [-0.2, -0.15) is 0 Å². The van der Waals surface area contributed by atoms with Crippen molar-refractivity contribution in [2.24, 2.45) is 11.7 Å². The summed E-state index contributed by atoms with van der Waals surface area (Å²) in [5, 5.41) is 0. The summed E-state index contributed by atoms with van der Waals surface area (Å²) in [6.07, 6.45) is 1.10. The van der Waals surface area contributed by atoms with Crippen molar-refractivity contribution in [3.8, 4) is 0 Å². The van der Waals surface area contributed by atoms with Gasteiger partial charge in [0.2, 0.25) is 5.91 Å². The number of benzene rings is 1. The molecule has 0 bridgehead atoms. The standard InChI is InChI=1S/C14H17FN2O2/c1-9-3-2-4-11(12(9)15)14(19)17-7-5-10(6-8-17)13(16)18/h2-4,10H,5-8H2,1H3,(H2,16,18). The number of hydrogen-bond donors (Lipinski definition) is 1. The fourth-order valence-corrected chi connectivity index (χ4v) is 2.35. The molecule has 0 aromatic heterocycles. The Morgan fingerprint density at radius 1 is 1.32 bits per heavy atom. The number of nitrogens with zero attached hydrogens (tertiary/aromatic N) is 1. The molecular weight excluding hydrogens is 247 g/mol. The Morgan fingerprint density at radius 2 is 1.95 bits per heavy atom. The number of amides is 2. The zero-order chi connectivity index (χ0) is 14.0. The molecule has 1 aromatic rings. The maximum Gasteiger partial charge on any atom is 0.256 e. The van der Waals surface area contributed by atoms with Crippen LogP contribution in [0.5, 0.6) is 0 Å². The molecule has 1 heterocycles. The van der Waals surface area contributed by atoms with Gasteiger partial charge < -0.3 is 10.6 Å². The van der Waals surface area contributed by atoms with Crippen LogP contribution in [0.2, 0.25) is 0 Å². The number of piperidine rings is 1. The fraction of sp³-hybridized carbons (Fsp3) is 0.429. The van der Waals surface area contributed by atoms with Crippen molar-refractivity contribution in [3.05, 3.63) is 35.1 Å². The zero-order valence-corrected chi connectivity index (χ0v) is 10.9. The Labute approximate surface area is 111 Å². The van der Waals surface area contributed by atoms with E-state index in [1.165, 1.54) is 6.07 Å². The highest BCUT2D eigenvalue weighted by Crippen LogP contribution is 2.20. The lowest BCUT2D eigenvalue weighted by Crippen LogP contribution is -2.42. The van der Waals surface area contributed by atoms with Gasteiger partial charge >= 0.3 is 0 Å². The highest BCUT2D eigenvalue weighted by atomic mass is 19.1. The van der Waals surface area contributed by atoms with E-state index in [4.69, 9.17) is 5.73 Å². The van der Waals surface area contributed by atoms with Crippen LogP contribution in [0, 0.1) is 18.7 Å². The van der Waals surface area contributed by atoms with Gasteiger partial charge in [-0.15, -0.1) is 0 Å². The van der Waals surface area contributed by atoms with Crippen LogP contribution < -0.4 is 5.73 Å². The van der Waals surface area contributed by atoms with Crippen molar-refractivity contribution in [1.82, 2.24) is 4.90 Å². The van der Waals surface area contributed by atoms with Gasteiger partial charge in [0.05, 0.1) is 5.56 Å². The highest BCUT2D eigenvalue weighted by Gasteiger charge is 2.27. The van der Waals surface area contributed by atoms with E-state index < -0.39 is 5.82 Å². The molecule has 1 aliphatic heterocycles.